The maximum Gasteiger partial charge on any atom is 0.136 e. The van der Waals surface area contributed by atoms with Crippen molar-refractivity contribution in [2.24, 2.45) is 0 Å². The van der Waals surface area contributed by atoms with Crippen molar-refractivity contribution in [1.82, 2.24) is 0 Å². The minimum Gasteiger partial charge on any atom is -0.456 e. The molecule has 0 bridgehead atoms. The summed E-state index contributed by atoms with van der Waals surface area (Å²) in [6, 6.07) is 59.5. The molecule has 9 aromatic carbocycles. The molecular formula is C52H32O2. The summed E-state index contributed by atoms with van der Waals surface area (Å²) in [5.74, 6) is 0. The average molecular weight is 689 g/mol. The summed E-state index contributed by atoms with van der Waals surface area (Å²) in [6.45, 7) is 0. The number of hydrogen-bond acceptors (Lipinski definition) is 2. The number of allylic oxidation sites excluding steroid dienone is 1. The zero-order chi connectivity index (χ0) is 35.3. The quantitative estimate of drug-likeness (QED) is 0.173. The third kappa shape index (κ3) is 4.41. The number of rotatable bonds is 3. The molecule has 11 aromatic rings. The molecule has 1 aliphatic rings. The summed E-state index contributed by atoms with van der Waals surface area (Å²) < 4.78 is 13.0. The van der Waals surface area contributed by atoms with Gasteiger partial charge < -0.3 is 8.83 Å². The highest BCUT2D eigenvalue weighted by atomic mass is 16.3. The van der Waals surface area contributed by atoms with Crippen LogP contribution in [0.5, 0.6) is 0 Å². The van der Waals surface area contributed by atoms with Gasteiger partial charge in [-0.2, -0.15) is 0 Å². The zero-order valence-corrected chi connectivity index (χ0v) is 29.4. The van der Waals surface area contributed by atoms with Gasteiger partial charge in [-0.25, -0.2) is 0 Å². The van der Waals surface area contributed by atoms with Gasteiger partial charge in [0.25, 0.3) is 0 Å². The molecule has 2 aromatic heterocycles. The van der Waals surface area contributed by atoms with Gasteiger partial charge in [0.15, 0.2) is 0 Å². The van der Waals surface area contributed by atoms with E-state index in [4.69, 9.17) is 8.83 Å². The van der Waals surface area contributed by atoms with E-state index >= 15 is 0 Å². The highest BCUT2D eigenvalue weighted by Gasteiger charge is 2.21. The maximum absolute atomic E-state index is 6.55. The highest BCUT2D eigenvalue weighted by molar-refractivity contribution is 6.16. The molecule has 0 N–H and O–H groups in total. The van der Waals surface area contributed by atoms with Crippen molar-refractivity contribution < 1.29 is 8.83 Å². The van der Waals surface area contributed by atoms with Crippen LogP contribution in [0.4, 0.5) is 0 Å². The second-order valence-electron chi connectivity index (χ2n) is 14.7. The van der Waals surface area contributed by atoms with Crippen LogP contribution in [-0.2, 0) is 6.42 Å². The predicted molar refractivity (Wildman–Crippen MR) is 226 cm³/mol. The summed E-state index contributed by atoms with van der Waals surface area (Å²) >= 11 is 0. The third-order valence-electron chi connectivity index (χ3n) is 11.7. The van der Waals surface area contributed by atoms with Gasteiger partial charge >= 0.3 is 0 Å². The van der Waals surface area contributed by atoms with Crippen LogP contribution in [0, 0.1) is 0 Å². The number of hydrogen-bond donors (Lipinski definition) is 0. The van der Waals surface area contributed by atoms with Crippen LogP contribution in [0.25, 0.3) is 104 Å². The first-order valence-corrected chi connectivity index (χ1v) is 18.8. The molecule has 0 amide bonds. The van der Waals surface area contributed by atoms with Crippen molar-refractivity contribution in [3.63, 3.8) is 0 Å². The van der Waals surface area contributed by atoms with Gasteiger partial charge in [-0.1, -0.05) is 121 Å². The molecule has 0 aliphatic heterocycles. The summed E-state index contributed by atoms with van der Waals surface area (Å²) in [5.41, 5.74) is 13.7. The molecule has 252 valence electrons. The fourth-order valence-corrected chi connectivity index (χ4v) is 9.14. The molecule has 1 aliphatic carbocycles. The lowest BCUT2D eigenvalue weighted by Crippen LogP contribution is -2.03. The Morgan fingerprint density at radius 1 is 0.333 bits per heavy atom. The summed E-state index contributed by atoms with van der Waals surface area (Å²) in [5, 5.41) is 12.0. The second kappa shape index (κ2) is 11.3. The predicted octanol–water partition coefficient (Wildman–Crippen LogP) is 14.7. The third-order valence-corrected chi connectivity index (χ3v) is 11.7. The Hall–Kier alpha value is -6.90. The standard InChI is InChI=1S/C52H32O2/c1-2-10-32-25-33(20-19-31(32)9-1)34-21-23-49-45(26-34)47-29-52-48(30-51(47)53-49)46-28-36(22-24-50(46)54-52)38-15-7-17-41-40(38)16-8-18-43(41)44-27-35-11-3-4-12-37(35)39-13-5-6-14-42(39)44/h1-6,8-16,18-30H,7,17H2. The van der Waals surface area contributed by atoms with Crippen molar-refractivity contribution in [3.8, 4) is 22.3 Å². The first kappa shape index (κ1) is 29.7. The Morgan fingerprint density at radius 2 is 0.926 bits per heavy atom. The lowest BCUT2D eigenvalue weighted by molar-refractivity contribution is 0.664. The van der Waals surface area contributed by atoms with Gasteiger partial charge in [0.2, 0.25) is 0 Å². The Kier molecular flexibility index (Phi) is 6.20. The first-order chi connectivity index (χ1) is 26.7. The zero-order valence-electron chi connectivity index (χ0n) is 29.4. The lowest BCUT2D eigenvalue weighted by atomic mass is 9.81. The van der Waals surface area contributed by atoms with E-state index in [2.05, 4.69) is 170 Å². The molecule has 2 heterocycles. The topological polar surface area (TPSA) is 26.3 Å². The van der Waals surface area contributed by atoms with Crippen LogP contribution in [-0.4, -0.2) is 0 Å². The van der Waals surface area contributed by atoms with E-state index in [1.165, 1.54) is 76.8 Å². The number of benzene rings is 9. The van der Waals surface area contributed by atoms with Crippen molar-refractivity contribution in [2.75, 3.05) is 0 Å². The van der Waals surface area contributed by atoms with E-state index in [9.17, 15) is 0 Å². The van der Waals surface area contributed by atoms with Crippen LogP contribution >= 0.6 is 0 Å². The van der Waals surface area contributed by atoms with Crippen LogP contribution in [0.15, 0.2) is 179 Å². The molecule has 12 rings (SSSR count). The van der Waals surface area contributed by atoms with E-state index in [1.54, 1.807) is 0 Å². The van der Waals surface area contributed by atoms with E-state index in [-0.39, 0.29) is 0 Å². The highest BCUT2D eigenvalue weighted by Crippen LogP contribution is 2.43. The second-order valence-corrected chi connectivity index (χ2v) is 14.7. The van der Waals surface area contributed by atoms with Gasteiger partial charge in [0.1, 0.15) is 22.3 Å². The number of furan rings is 2. The van der Waals surface area contributed by atoms with Crippen LogP contribution in [0.3, 0.4) is 0 Å². The van der Waals surface area contributed by atoms with E-state index in [0.29, 0.717) is 0 Å². The molecule has 0 saturated heterocycles. The number of fused-ring (bicyclic) bond motifs is 11. The van der Waals surface area contributed by atoms with Crippen LogP contribution in [0.1, 0.15) is 23.1 Å². The van der Waals surface area contributed by atoms with Crippen molar-refractivity contribution >= 4 is 81.8 Å². The molecule has 0 unspecified atom stereocenters. The largest absolute Gasteiger partial charge is 0.456 e. The molecule has 0 atom stereocenters. The summed E-state index contributed by atoms with van der Waals surface area (Å²) in [4.78, 5) is 0. The molecule has 0 spiro atoms. The molecule has 0 saturated carbocycles. The molecular weight excluding hydrogens is 657 g/mol. The van der Waals surface area contributed by atoms with Gasteiger partial charge in [0.05, 0.1) is 0 Å². The SMILES string of the molecule is C1=C(c2ccc3oc4cc5c(cc4c3c2)oc2ccc(-c3ccc4ccccc4c3)cc25)c2cccc(-c3cc4ccccc4c4ccccc34)c2CC1. The summed E-state index contributed by atoms with van der Waals surface area (Å²) in [6.07, 6.45) is 4.42. The van der Waals surface area contributed by atoms with Crippen LogP contribution < -0.4 is 0 Å². The first-order valence-electron chi connectivity index (χ1n) is 18.8. The molecule has 2 heteroatoms. The molecule has 0 fully saturated rings. The Labute approximate surface area is 311 Å². The van der Waals surface area contributed by atoms with Crippen molar-refractivity contribution in [1.29, 1.82) is 0 Å². The van der Waals surface area contributed by atoms with E-state index in [0.717, 1.165) is 56.7 Å². The van der Waals surface area contributed by atoms with Gasteiger partial charge in [-0.05, 0) is 138 Å². The Balaban J connectivity index is 0.969. The minimum absolute atomic E-state index is 0.871. The lowest BCUT2D eigenvalue weighted by Gasteiger charge is -2.22. The average Bonchev–Trinajstić information content (AvgIpc) is 3.78. The van der Waals surface area contributed by atoms with Crippen molar-refractivity contribution in [2.45, 2.75) is 12.8 Å². The minimum atomic E-state index is 0.871. The fourth-order valence-electron chi connectivity index (χ4n) is 9.14. The molecule has 54 heavy (non-hydrogen) atoms. The van der Waals surface area contributed by atoms with E-state index in [1.807, 2.05) is 0 Å². The smallest absolute Gasteiger partial charge is 0.136 e. The van der Waals surface area contributed by atoms with Gasteiger partial charge in [-0.15, -0.1) is 0 Å². The molecule has 0 radical (unpaired) electrons. The van der Waals surface area contributed by atoms with Gasteiger partial charge in [0, 0.05) is 21.5 Å². The van der Waals surface area contributed by atoms with Crippen molar-refractivity contribution in [3.05, 3.63) is 187 Å². The van der Waals surface area contributed by atoms with Gasteiger partial charge in [-0.3, -0.25) is 0 Å². The normalized spacial score (nSPS) is 13.1. The maximum atomic E-state index is 6.55. The van der Waals surface area contributed by atoms with Crippen LogP contribution in [0.2, 0.25) is 0 Å². The Bertz CT molecular complexity index is 3390. The summed E-state index contributed by atoms with van der Waals surface area (Å²) in [7, 11) is 0. The monoisotopic (exact) mass is 688 g/mol. The fraction of sp³-hybridized carbons (Fsp3) is 0.0385. The molecule has 2 nitrogen and oxygen atoms in total. The Morgan fingerprint density at radius 3 is 1.72 bits per heavy atom. The van der Waals surface area contributed by atoms with E-state index < -0.39 is 0 Å².